The van der Waals surface area contributed by atoms with Crippen LogP contribution < -0.4 is 11.1 Å². The highest BCUT2D eigenvalue weighted by molar-refractivity contribution is 5.69. The molecule has 1 aromatic rings. The third kappa shape index (κ3) is 3.60. The number of non-ortho nitro benzene ring substituents is 1. The van der Waals surface area contributed by atoms with E-state index in [1.54, 1.807) is 13.2 Å². The van der Waals surface area contributed by atoms with Crippen LogP contribution in [0.3, 0.4) is 0 Å². The molecule has 0 fully saturated rings. The number of hydrogen-bond donors (Lipinski definition) is 2. The first kappa shape index (κ1) is 13.2. The number of rotatable bonds is 6. The van der Waals surface area contributed by atoms with Crippen molar-refractivity contribution in [3.05, 3.63) is 28.3 Å². The van der Waals surface area contributed by atoms with E-state index < -0.39 is 4.92 Å². The molecule has 0 amide bonds. The van der Waals surface area contributed by atoms with Gasteiger partial charge in [0.2, 0.25) is 0 Å². The number of nitrogens with zero attached hydrogens (tertiary/aromatic N) is 1. The van der Waals surface area contributed by atoms with Crippen LogP contribution in [0.25, 0.3) is 0 Å². The Morgan fingerprint density at radius 1 is 1.59 bits per heavy atom. The van der Waals surface area contributed by atoms with E-state index in [4.69, 9.17) is 10.5 Å². The molecule has 0 radical (unpaired) electrons. The highest BCUT2D eigenvalue weighted by Crippen LogP contribution is 2.24. The molecule has 94 valence electrons. The van der Waals surface area contributed by atoms with Crippen molar-refractivity contribution in [2.75, 3.05) is 24.8 Å². The predicted octanol–water partition coefficient (Wildman–Crippen LogP) is 2.01. The van der Waals surface area contributed by atoms with Crippen molar-refractivity contribution in [3.8, 4) is 0 Å². The van der Waals surface area contributed by atoms with E-state index in [1.165, 1.54) is 12.1 Å². The molecule has 1 unspecified atom stereocenters. The second kappa shape index (κ2) is 6.05. The van der Waals surface area contributed by atoms with Gasteiger partial charge in [-0.2, -0.15) is 0 Å². The molecular formula is C11H17N3O3. The summed E-state index contributed by atoms with van der Waals surface area (Å²) in [6.45, 7) is 2.59. The molecule has 1 rings (SSSR count). The third-order valence-corrected chi connectivity index (χ3v) is 2.47. The van der Waals surface area contributed by atoms with Crippen LogP contribution in [0.5, 0.6) is 0 Å². The molecule has 1 aromatic carbocycles. The highest BCUT2D eigenvalue weighted by atomic mass is 16.6. The average molecular weight is 239 g/mol. The van der Waals surface area contributed by atoms with Gasteiger partial charge in [0.05, 0.1) is 22.9 Å². The fourth-order valence-electron chi connectivity index (χ4n) is 1.48. The molecule has 6 nitrogen and oxygen atoms in total. The molecule has 1 atom stereocenters. The summed E-state index contributed by atoms with van der Waals surface area (Å²) in [7, 11) is 1.63. The quantitative estimate of drug-likeness (QED) is 0.450. The van der Waals surface area contributed by atoms with Crippen LogP contribution in [0, 0.1) is 10.1 Å². The largest absolute Gasteiger partial charge is 0.397 e. The van der Waals surface area contributed by atoms with Gasteiger partial charge in [0.1, 0.15) is 0 Å². The zero-order valence-electron chi connectivity index (χ0n) is 9.97. The number of nitrogens with one attached hydrogen (secondary N) is 1. The zero-order valence-corrected chi connectivity index (χ0v) is 9.97. The Hall–Kier alpha value is -1.82. The van der Waals surface area contributed by atoms with E-state index in [-0.39, 0.29) is 11.7 Å². The zero-order chi connectivity index (χ0) is 12.8. The Kier molecular flexibility index (Phi) is 4.71. The highest BCUT2D eigenvalue weighted by Gasteiger charge is 2.11. The van der Waals surface area contributed by atoms with Crippen LogP contribution in [-0.2, 0) is 4.74 Å². The molecule has 3 N–H and O–H groups in total. The Morgan fingerprint density at radius 2 is 2.29 bits per heavy atom. The molecule has 0 spiro atoms. The third-order valence-electron chi connectivity index (χ3n) is 2.47. The van der Waals surface area contributed by atoms with E-state index >= 15 is 0 Å². The van der Waals surface area contributed by atoms with Crippen molar-refractivity contribution >= 4 is 17.1 Å². The summed E-state index contributed by atoms with van der Waals surface area (Å²) in [6.07, 6.45) is 0.879. The van der Waals surface area contributed by atoms with Crippen LogP contribution in [0.1, 0.15) is 13.3 Å². The monoisotopic (exact) mass is 239 g/mol. The number of anilines is 2. The minimum atomic E-state index is -0.466. The smallest absolute Gasteiger partial charge is 0.271 e. The minimum absolute atomic E-state index is 0.00663. The Balaban J connectivity index is 2.81. The number of methoxy groups -OCH3 is 1. The topological polar surface area (TPSA) is 90.4 Å². The Morgan fingerprint density at radius 3 is 2.76 bits per heavy atom. The number of nitro groups is 1. The fraction of sp³-hybridized carbons (Fsp3) is 0.455. The normalized spacial score (nSPS) is 12.1. The standard InChI is InChI=1S/C11H17N3O3/c1-3-8(7-17-2)13-11-5-4-9(14(15)16)6-10(11)12/h4-6,8,13H,3,7,12H2,1-2H3. The summed E-state index contributed by atoms with van der Waals surface area (Å²) in [4.78, 5) is 10.1. The number of nitro benzene ring substituents is 1. The molecule has 0 aromatic heterocycles. The summed E-state index contributed by atoms with van der Waals surface area (Å²) in [6, 6.07) is 4.54. The molecule has 0 saturated heterocycles. The van der Waals surface area contributed by atoms with E-state index in [0.29, 0.717) is 18.0 Å². The van der Waals surface area contributed by atoms with Gasteiger partial charge in [0.15, 0.2) is 0 Å². The summed E-state index contributed by atoms with van der Waals surface area (Å²) in [5.74, 6) is 0. The van der Waals surface area contributed by atoms with Crippen LogP contribution >= 0.6 is 0 Å². The molecular weight excluding hydrogens is 222 g/mol. The molecule has 17 heavy (non-hydrogen) atoms. The first-order chi connectivity index (χ1) is 8.08. The lowest BCUT2D eigenvalue weighted by Crippen LogP contribution is -2.24. The molecule has 0 heterocycles. The molecule has 0 aliphatic heterocycles. The Bertz CT molecular complexity index is 396. The lowest BCUT2D eigenvalue weighted by atomic mass is 10.2. The van der Waals surface area contributed by atoms with E-state index in [1.807, 2.05) is 6.92 Å². The first-order valence-electron chi connectivity index (χ1n) is 5.37. The van der Waals surface area contributed by atoms with E-state index in [9.17, 15) is 10.1 Å². The van der Waals surface area contributed by atoms with Crippen molar-refractivity contribution in [3.63, 3.8) is 0 Å². The average Bonchev–Trinajstić information content (AvgIpc) is 2.30. The number of hydrogen-bond acceptors (Lipinski definition) is 5. The number of ether oxygens (including phenoxy) is 1. The number of benzene rings is 1. The summed E-state index contributed by atoms with van der Waals surface area (Å²) >= 11 is 0. The lowest BCUT2D eigenvalue weighted by molar-refractivity contribution is -0.384. The minimum Gasteiger partial charge on any atom is -0.397 e. The second-order valence-electron chi connectivity index (χ2n) is 3.73. The lowest BCUT2D eigenvalue weighted by Gasteiger charge is -2.18. The van der Waals surface area contributed by atoms with Gasteiger partial charge in [-0.1, -0.05) is 6.92 Å². The van der Waals surface area contributed by atoms with Crippen molar-refractivity contribution in [2.45, 2.75) is 19.4 Å². The summed E-state index contributed by atoms with van der Waals surface area (Å²) < 4.78 is 5.06. The van der Waals surface area contributed by atoms with Crippen molar-refractivity contribution < 1.29 is 9.66 Å². The van der Waals surface area contributed by atoms with Crippen LogP contribution in [0.2, 0.25) is 0 Å². The van der Waals surface area contributed by atoms with E-state index in [0.717, 1.165) is 6.42 Å². The molecule has 6 heteroatoms. The van der Waals surface area contributed by atoms with Crippen LogP contribution in [-0.4, -0.2) is 24.7 Å². The van der Waals surface area contributed by atoms with Gasteiger partial charge >= 0.3 is 0 Å². The van der Waals surface area contributed by atoms with Gasteiger partial charge in [-0.25, -0.2) is 0 Å². The molecule has 0 saturated carbocycles. The van der Waals surface area contributed by atoms with Crippen LogP contribution in [0.4, 0.5) is 17.1 Å². The van der Waals surface area contributed by atoms with Gasteiger partial charge in [-0.05, 0) is 12.5 Å². The molecule has 0 aliphatic rings. The van der Waals surface area contributed by atoms with Gasteiger partial charge in [0, 0.05) is 25.3 Å². The Labute approximate surface area is 99.9 Å². The molecule has 0 aliphatic carbocycles. The fourth-order valence-corrected chi connectivity index (χ4v) is 1.48. The predicted molar refractivity (Wildman–Crippen MR) is 67.1 cm³/mol. The maximum atomic E-state index is 10.6. The molecule has 0 bridgehead atoms. The van der Waals surface area contributed by atoms with Gasteiger partial charge in [-0.15, -0.1) is 0 Å². The second-order valence-corrected chi connectivity index (χ2v) is 3.73. The van der Waals surface area contributed by atoms with Gasteiger partial charge in [-0.3, -0.25) is 10.1 Å². The summed E-state index contributed by atoms with van der Waals surface area (Å²) in [5, 5.41) is 13.7. The number of nitrogens with two attached hydrogens (primary N) is 1. The van der Waals surface area contributed by atoms with Gasteiger partial charge < -0.3 is 15.8 Å². The number of nitrogen functional groups attached to an aromatic ring is 1. The van der Waals surface area contributed by atoms with Crippen LogP contribution in [0.15, 0.2) is 18.2 Å². The maximum Gasteiger partial charge on any atom is 0.271 e. The SMILES string of the molecule is CCC(COC)Nc1ccc([N+](=O)[O-])cc1N. The summed E-state index contributed by atoms with van der Waals surface area (Å²) in [5.41, 5.74) is 6.81. The maximum absolute atomic E-state index is 10.6. The first-order valence-corrected chi connectivity index (χ1v) is 5.37. The van der Waals surface area contributed by atoms with Crippen molar-refractivity contribution in [1.29, 1.82) is 0 Å². The van der Waals surface area contributed by atoms with Crippen molar-refractivity contribution in [2.24, 2.45) is 0 Å². The van der Waals surface area contributed by atoms with E-state index in [2.05, 4.69) is 5.32 Å². The van der Waals surface area contributed by atoms with Gasteiger partial charge in [0.25, 0.3) is 5.69 Å². The van der Waals surface area contributed by atoms with Crippen molar-refractivity contribution in [1.82, 2.24) is 0 Å².